The van der Waals surface area contributed by atoms with Crippen LogP contribution in [0.4, 0.5) is 0 Å². The minimum atomic E-state index is 0.0358. The van der Waals surface area contributed by atoms with Crippen molar-refractivity contribution in [3.05, 3.63) is 35.4 Å². The Bertz CT molecular complexity index is 374. The van der Waals surface area contributed by atoms with Gasteiger partial charge >= 0.3 is 0 Å². The molecule has 1 atom stereocenters. The molecule has 2 heteroatoms. The van der Waals surface area contributed by atoms with Gasteiger partial charge in [-0.25, -0.2) is 0 Å². The van der Waals surface area contributed by atoms with Crippen LogP contribution in [0.3, 0.4) is 0 Å². The third kappa shape index (κ3) is 2.95. The molecule has 2 rings (SSSR count). The maximum atomic E-state index is 12.2. The van der Waals surface area contributed by atoms with Gasteiger partial charge in [-0.15, -0.1) is 0 Å². The summed E-state index contributed by atoms with van der Waals surface area (Å²) in [7, 11) is 0. The second-order valence-corrected chi connectivity index (χ2v) is 5.14. The van der Waals surface area contributed by atoms with E-state index in [0.29, 0.717) is 5.92 Å². The summed E-state index contributed by atoms with van der Waals surface area (Å²) in [6.07, 6.45) is 3.33. The Morgan fingerprint density at radius 3 is 2.47 bits per heavy atom. The number of nitrogens with one attached hydrogen (secondary N) is 1. The third-order valence-corrected chi connectivity index (χ3v) is 3.49. The van der Waals surface area contributed by atoms with Gasteiger partial charge in [0.1, 0.15) is 0 Å². The quantitative estimate of drug-likeness (QED) is 0.810. The molecule has 17 heavy (non-hydrogen) atoms. The topological polar surface area (TPSA) is 29.1 Å². The van der Waals surface area contributed by atoms with Crippen LogP contribution < -0.4 is 5.32 Å². The monoisotopic (exact) mass is 231 g/mol. The Balaban J connectivity index is 2.08. The number of hydrogen-bond acceptors (Lipinski definition) is 2. The number of benzene rings is 1. The highest BCUT2D eigenvalue weighted by Gasteiger charge is 2.21. The standard InChI is InChI=1S/C15H21NO/c1-11(2)12-6-8-13(9-7-12)15(17)14-5-3-4-10-16-14/h6-9,11,14,16H,3-5,10H2,1-2H3. The lowest BCUT2D eigenvalue weighted by Gasteiger charge is -2.22. The molecule has 0 amide bonds. The van der Waals surface area contributed by atoms with Gasteiger partial charge in [-0.1, -0.05) is 44.5 Å². The van der Waals surface area contributed by atoms with Crippen LogP contribution in [0, 0.1) is 0 Å². The van der Waals surface area contributed by atoms with Crippen LogP contribution >= 0.6 is 0 Å². The van der Waals surface area contributed by atoms with Crippen molar-refractivity contribution in [3.8, 4) is 0 Å². The van der Waals surface area contributed by atoms with Gasteiger partial charge in [0.2, 0.25) is 0 Å². The first-order chi connectivity index (χ1) is 8.18. The summed E-state index contributed by atoms with van der Waals surface area (Å²) in [5.41, 5.74) is 2.13. The molecule has 0 aliphatic carbocycles. The van der Waals surface area contributed by atoms with E-state index in [2.05, 4.69) is 31.3 Å². The molecule has 1 unspecified atom stereocenters. The maximum absolute atomic E-state index is 12.2. The van der Waals surface area contributed by atoms with Crippen LogP contribution in [-0.4, -0.2) is 18.4 Å². The maximum Gasteiger partial charge on any atom is 0.179 e. The predicted octanol–water partition coefficient (Wildman–Crippen LogP) is 3.13. The normalized spacial score (nSPS) is 20.5. The molecule has 1 fully saturated rings. The molecular formula is C15H21NO. The zero-order valence-electron chi connectivity index (χ0n) is 10.7. The average Bonchev–Trinajstić information content (AvgIpc) is 2.39. The van der Waals surface area contributed by atoms with Crippen molar-refractivity contribution < 1.29 is 4.79 Å². The molecule has 1 N–H and O–H groups in total. The van der Waals surface area contributed by atoms with E-state index in [0.717, 1.165) is 24.9 Å². The molecule has 92 valence electrons. The van der Waals surface area contributed by atoms with Crippen LogP contribution in [0.2, 0.25) is 0 Å². The molecule has 0 aromatic heterocycles. The number of carbonyl (C=O) groups is 1. The second-order valence-electron chi connectivity index (χ2n) is 5.14. The lowest BCUT2D eigenvalue weighted by Crippen LogP contribution is -2.40. The highest BCUT2D eigenvalue weighted by atomic mass is 16.1. The van der Waals surface area contributed by atoms with E-state index in [9.17, 15) is 4.79 Å². The molecular weight excluding hydrogens is 210 g/mol. The van der Waals surface area contributed by atoms with E-state index in [1.54, 1.807) is 0 Å². The molecule has 0 saturated carbocycles. The van der Waals surface area contributed by atoms with Gasteiger partial charge in [0.15, 0.2) is 5.78 Å². The van der Waals surface area contributed by atoms with Crippen molar-refractivity contribution in [2.24, 2.45) is 0 Å². The molecule has 0 bridgehead atoms. The number of Topliss-reactive ketones (excluding diaryl/α,β-unsaturated/α-hetero) is 1. The fourth-order valence-corrected chi connectivity index (χ4v) is 2.31. The molecule has 1 aliphatic rings. The van der Waals surface area contributed by atoms with Crippen LogP contribution in [0.25, 0.3) is 0 Å². The first-order valence-corrected chi connectivity index (χ1v) is 6.56. The summed E-state index contributed by atoms with van der Waals surface area (Å²) < 4.78 is 0. The zero-order valence-corrected chi connectivity index (χ0v) is 10.7. The van der Waals surface area contributed by atoms with Gasteiger partial charge in [-0.05, 0) is 30.9 Å². The molecule has 1 aromatic rings. The van der Waals surface area contributed by atoms with Gasteiger partial charge in [-0.2, -0.15) is 0 Å². The Hall–Kier alpha value is -1.15. The van der Waals surface area contributed by atoms with Crippen molar-refractivity contribution in [1.82, 2.24) is 5.32 Å². The molecule has 1 aromatic carbocycles. The number of piperidine rings is 1. The number of hydrogen-bond donors (Lipinski definition) is 1. The smallest absolute Gasteiger partial charge is 0.179 e. The highest BCUT2D eigenvalue weighted by Crippen LogP contribution is 2.17. The summed E-state index contributed by atoms with van der Waals surface area (Å²) in [6.45, 7) is 5.31. The Morgan fingerprint density at radius 1 is 1.24 bits per heavy atom. The SMILES string of the molecule is CC(C)c1ccc(C(=O)C2CCCCN2)cc1. The summed E-state index contributed by atoms with van der Waals surface area (Å²) in [4.78, 5) is 12.2. The third-order valence-electron chi connectivity index (χ3n) is 3.49. The van der Waals surface area contributed by atoms with Gasteiger partial charge in [-0.3, -0.25) is 4.79 Å². The van der Waals surface area contributed by atoms with Crippen molar-refractivity contribution >= 4 is 5.78 Å². The zero-order chi connectivity index (χ0) is 12.3. The van der Waals surface area contributed by atoms with E-state index in [-0.39, 0.29) is 11.8 Å². The van der Waals surface area contributed by atoms with E-state index >= 15 is 0 Å². The van der Waals surface area contributed by atoms with Gasteiger partial charge in [0.05, 0.1) is 6.04 Å². The number of ketones is 1. The van der Waals surface area contributed by atoms with Gasteiger partial charge < -0.3 is 5.32 Å². The van der Waals surface area contributed by atoms with E-state index in [1.807, 2.05) is 12.1 Å². The summed E-state index contributed by atoms with van der Waals surface area (Å²) in [6, 6.07) is 8.11. The lowest BCUT2D eigenvalue weighted by atomic mass is 9.94. The average molecular weight is 231 g/mol. The Kier molecular flexibility index (Phi) is 3.95. The highest BCUT2D eigenvalue weighted by molar-refractivity contribution is 6.00. The first kappa shape index (κ1) is 12.3. The molecule has 0 spiro atoms. The van der Waals surface area contributed by atoms with Crippen LogP contribution in [0.1, 0.15) is 54.9 Å². The molecule has 0 radical (unpaired) electrons. The minimum Gasteiger partial charge on any atom is -0.307 e. The van der Waals surface area contributed by atoms with Gasteiger partial charge in [0, 0.05) is 5.56 Å². The minimum absolute atomic E-state index is 0.0358. The Labute approximate surface area is 103 Å². The fraction of sp³-hybridized carbons (Fsp3) is 0.533. The van der Waals surface area contributed by atoms with Crippen molar-refractivity contribution in [1.29, 1.82) is 0 Å². The lowest BCUT2D eigenvalue weighted by molar-refractivity contribution is 0.0927. The van der Waals surface area contributed by atoms with E-state index in [4.69, 9.17) is 0 Å². The van der Waals surface area contributed by atoms with Crippen molar-refractivity contribution in [3.63, 3.8) is 0 Å². The molecule has 1 heterocycles. The van der Waals surface area contributed by atoms with Gasteiger partial charge in [0.25, 0.3) is 0 Å². The van der Waals surface area contributed by atoms with Crippen molar-refractivity contribution in [2.45, 2.75) is 45.1 Å². The fourth-order valence-electron chi connectivity index (χ4n) is 2.31. The van der Waals surface area contributed by atoms with E-state index < -0.39 is 0 Å². The first-order valence-electron chi connectivity index (χ1n) is 6.56. The summed E-state index contributed by atoms with van der Waals surface area (Å²) in [5, 5.41) is 3.31. The predicted molar refractivity (Wildman–Crippen MR) is 70.5 cm³/mol. The van der Waals surface area contributed by atoms with Crippen LogP contribution in [-0.2, 0) is 0 Å². The molecule has 1 aliphatic heterocycles. The molecule has 2 nitrogen and oxygen atoms in total. The Morgan fingerprint density at radius 2 is 1.94 bits per heavy atom. The summed E-state index contributed by atoms with van der Waals surface area (Å²) >= 11 is 0. The second kappa shape index (κ2) is 5.46. The number of carbonyl (C=O) groups excluding carboxylic acids is 1. The largest absolute Gasteiger partial charge is 0.307 e. The summed E-state index contributed by atoms with van der Waals surface area (Å²) in [5.74, 6) is 0.770. The van der Waals surface area contributed by atoms with E-state index in [1.165, 1.54) is 12.0 Å². The molecule has 1 saturated heterocycles. The van der Waals surface area contributed by atoms with Crippen LogP contribution in [0.5, 0.6) is 0 Å². The number of rotatable bonds is 3. The van der Waals surface area contributed by atoms with Crippen LogP contribution in [0.15, 0.2) is 24.3 Å². The van der Waals surface area contributed by atoms with Crippen molar-refractivity contribution in [2.75, 3.05) is 6.54 Å².